The highest BCUT2D eigenvalue weighted by atomic mass is 32.2. The van der Waals surface area contributed by atoms with Crippen LogP contribution >= 0.6 is 11.8 Å². The van der Waals surface area contributed by atoms with Crippen LogP contribution in [-0.2, 0) is 4.79 Å². The van der Waals surface area contributed by atoms with E-state index < -0.39 is 5.54 Å². The van der Waals surface area contributed by atoms with E-state index in [0.717, 1.165) is 10.6 Å². The molecule has 0 fully saturated rings. The van der Waals surface area contributed by atoms with Crippen LogP contribution in [0.3, 0.4) is 0 Å². The lowest BCUT2D eigenvalue weighted by Crippen LogP contribution is -2.55. The number of amides is 1. The van der Waals surface area contributed by atoms with Gasteiger partial charge in [0.05, 0.1) is 5.54 Å². The summed E-state index contributed by atoms with van der Waals surface area (Å²) in [7, 11) is 0. The second-order valence-corrected chi connectivity index (χ2v) is 5.95. The predicted molar refractivity (Wildman–Crippen MR) is 75.4 cm³/mol. The third-order valence-corrected chi connectivity index (χ3v) is 3.69. The van der Waals surface area contributed by atoms with Gasteiger partial charge in [0.2, 0.25) is 5.91 Å². The van der Waals surface area contributed by atoms with Crippen LogP contribution in [-0.4, -0.2) is 28.2 Å². The average Bonchev–Trinajstić information content (AvgIpc) is 2.29. The van der Waals surface area contributed by atoms with Gasteiger partial charge in [0.25, 0.3) is 0 Å². The molecule has 0 aliphatic carbocycles. The van der Waals surface area contributed by atoms with Gasteiger partial charge in [-0.25, -0.2) is 0 Å². The SMILES string of the molecule is CC(C)NC(C)(CCSc1ccncc1)C(N)=O. The van der Waals surface area contributed by atoms with Crippen LogP contribution in [0.25, 0.3) is 0 Å². The van der Waals surface area contributed by atoms with Crippen LogP contribution in [0.1, 0.15) is 27.2 Å². The Morgan fingerprint density at radius 2 is 2.11 bits per heavy atom. The molecule has 0 aliphatic heterocycles. The van der Waals surface area contributed by atoms with E-state index in [9.17, 15) is 4.79 Å². The molecule has 5 heteroatoms. The number of pyridine rings is 1. The van der Waals surface area contributed by atoms with Crippen molar-refractivity contribution in [3.63, 3.8) is 0 Å². The molecule has 0 aromatic carbocycles. The van der Waals surface area contributed by atoms with E-state index in [4.69, 9.17) is 5.73 Å². The summed E-state index contributed by atoms with van der Waals surface area (Å²) in [6.07, 6.45) is 4.23. The molecular weight excluding hydrogens is 246 g/mol. The zero-order valence-corrected chi connectivity index (χ0v) is 12.0. The summed E-state index contributed by atoms with van der Waals surface area (Å²) < 4.78 is 0. The highest BCUT2D eigenvalue weighted by Gasteiger charge is 2.30. The molecule has 4 nitrogen and oxygen atoms in total. The number of nitrogens with zero attached hydrogens (tertiary/aromatic N) is 1. The summed E-state index contributed by atoms with van der Waals surface area (Å²) in [6, 6.07) is 4.15. The van der Waals surface area contributed by atoms with Crippen LogP contribution in [0, 0.1) is 0 Å². The maximum atomic E-state index is 11.5. The van der Waals surface area contributed by atoms with Crippen molar-refractivity contribution in [2.45, 2.75) is 43.7 Å². The molecule has 0 spiro atoms. The highest BCUT2D eigenvalue weighted by Crippen LogP contribution is 2.21. The van der Waals surface area contributed by atoms with E-state index in [1.54, 1.807) is 24.2 Å². The Morgan fingerprint density at radius 1 is 1.50 bits per heavy atom. The minimum Gasteiger partial charge on any atom is -0.368 e. The first-order chi connectivity index (χ1) is 8.44. The maximum absolute atomic E-state index is 11.5. The number of primary amides is 1. The van der Waals surface area contributed by atoms with Crippen LogP contribution in [0.5, 0.6) is 0 Å². The van der Waals surface area contributed by atoms with Gasteiger partial charge >= 0.3 is 0 Å². The molecule has 1 heterocycles. The molecule has 0 saturated carbocycles. The Labute approximate surface area is 113 Å². The van der Waals surface area contributed by atoms with Crippen molar-refractivity contribution < 1.29 is 4.79 Å². The third kappa shape index (κ3) is 4.66. The number of carbonyl (C=O) groups is 1. The Hall–Kier alpha value is -1.07. The molecule has 0 aliphatic rings. The smallest absolute Gasteiger partial charge is 0.237 e. The molecule has 1 atom stereocenters. The molecule has 3 N–H and O–H groups in total. The van der Waals surface area contributed by atoms with Gasteiger partial charge in [0.1, 0.15) is 0 Å². The lowest BCUT2D eigenvalue weighted by atomic mass is 9.97. The van der Waals surface area contributed by atoms with Gasteiger partial charge in [0, 0.05) is 29.1 Å². The quantitative estimate of drug-likeness (QED) is 0.739. The first kappa shape index (κ1) is 15.0. The zero-order chi connectivity index (χ0) is 13.6. The molecule has 0 radical (unpaired) electrons. The Morgan fingerprint density at radius 3 is 2.61 bits per heavy atom. The number of thioether (sulfide) groups is 1. The summed E-state index contributed by atoms with van der Waals surface area (Å²) in [5.41, 5.74) is 4.83. The molecule has 1 aromatic rings. The van der Waals surface area contributed by atoms with E-state index in [0.29, 0.717) is 6.42 Å². The summed E-state index contributed by atoms with van der Waals surface area (Å²) in [4.78, 5) is 16.7. The van der Waals surface area contributed by atoms with Crippen molar-refractivity contribution >= 4 is 17.7 Å². The Balaban J connectivity index is 2.50. The van der Waals surface area contributed by atoms with E-state index in [1.807, 2.05) is 32.9 Å². The average molecular weight is 267 g/mol. The van der Waals surface area contributed by atoms with Crippen molar-refractivity contribution in [2.24, 2.45) is 5.73 Å². The molecule has 1 unspecified atom stereocenters. The van der Waals surface area contributed by atoms with Gasteiger partial charge in [-0.05, 0) is 39.3 Å². The Bertz CT molecular complexity index is 383. The van der Waals surface area contributed by atoms with Crippen LogP contribution in [0.2, 0.25) is 0 Å². The van der Waals surface area contributed by atoms with Crippen LogP contribution in [0.15, 0.2) is 29.4 Å². The van der Waals surface area contributed by atoms with E-state index >= 15 is 0 Å². The number of hydrogen-bond donors (Lipinski definition) is 2. The molecule has 1 amide bonds. The monoisotopic (exact) mass is 267 g/mol. The third-order valence-electron chi connectivity index (χ3n) is 2.67. The normalized spacial score (nSPS) is 14.4. The number of aromatic nitrogens is 1. The summed E-state index contributed by atoms with van der Waals surface area (Å²) in [5, 5.41) is 3.24. The van der Waals surface area contributed by atoms with Crippen molar-refractivity contribution in [3.05, 3.63) is 24.5 Å². The lowest BCUT2D eigenvalue weighted by molar-refractivity contribution is -0.124. The highest BCUT2D eigenvalue weighted by molar-refractivity contribution is 7.99. The molecule has 1 rings (SSSR count). The molecule has 18 heavy (non-hydrogen) atoms. The fourth-order valence-corrected chi connectivity index (χ4v) is 2.77. The van der Waals surface area contributed by atoms with Crippen molar-refractivity contribution in [1.29, 1.82) is 0 Å². The summed E-state index contributed by atoms with van der Waals surface area (Å²) in [6.45, 7) is 5.89. The number of nitrogens with one attached hydrogen (secondary N) is 1. The van der Waals surface area contributed by atoms with Gasteiger partial charge in [-0.1, -0.05) is 0 Å². The zero-order valence-electron chi connectivity index (χ0n) is 11.1. The first-order valence-electron chi connectivity index (χ1n) is 6.04. The van der Waals surface area contributed by atoms with Crippen molar-refractivity contribution in [2.75, 3.05) is 5.75 Å². The fourth-order valence-electron chi connectivity index (χ4n) is 1.71. The van der Waals surface area contributed by atoms with Crippen molar-refractivity contribution in [1.82, 2.24) is 10.3 Å². The summed E-state index contributed by atoms with van der Waals surface area (Å²) in [5.74, 6) is 0.537. The second kappa shape index (κ2) is 6.75. The lowest BCUT2D eigenvalue weighted by Gasteiger charge is -2.29. The summed E-state index contributed by atoms with van der Waals surface area (Å²) >= 11 is 1.70. The van der Waals surface area contributed by atoms with Gasteiger partial charge < -0.3 is 11.1 Å². The largest absolute Gasteiger partial charge is 0.368 e. The van der Waals surface area contributed by atoms with Gasteiger partial charge in [0.15, 0.2) is 0 Å². The van der Waals surface area contributed by atoms with Crippen LogP contribution in [0.4, 0.5) is 0 Å². The molecule has 100 valence electrons. The first-order valence-corrected chi connectivity index (χ1v) is 7.03. The molecular formula is C13H21N3OS. The number of rotatable bonds is 7. The molecule has 0 bridgehead atoms. The van der Waals surface area contributed by atoms with Gasteiger partial charge in [-0.15, -0.1) is 11.8 Å². The fraction of sp³-hybridized carbons (Fsp3) is 0.538. The minimum atomic E-state index is -0.645. The van der Waals surface area contributed by atoms with E-state index in [-0.39, 0.29) is 11.9 Å². The molecule has 0 saturated heterocycles. The van der Waals surface area contributed by atoms with Gasteiger partial charge in [-0.3, -0.25) is 9.78 Å². The maximum Gasteiger partial charge on any atom is 0.237 e. The number of nitrogens with two attached hydrogens (primary N) is 1. The van der Waals surface area contributed by atoms with Crippen LogP contribution < -0.4 is 11.1 Å². The predicted octanol–water partition coefficient (Wildman–Crippen LogP) is 1.81. The topological polar surface area (TPSA) is 68.0 Å². The minimum absolute atomic E-state index is 0.230. The van der Waals surface area contributed by atoms with E-state index in [1.165, 1.54) is 0 Å². The number of hydrogen-bond acceptors (Lipinski definition) is 4. The number of carbonyl (C=O) groups excluding carboxylic acids is 1. The standard InChI is InChI=1S/C13H21N3OS/c1-10(2)16-13(3,12(14)17)6-9-18-11-4-7-15-8-5-11/h4-5,7-8,10,16H,6,9H2,1-3H3,(H2,14,17). The van der Waals surface area contributed by atoms with E-state index in [2.05, 4.69) is 10.3 Å². The molecule has 1 aromatic heterocycles. The van der Waals surface area contributed by atoms with Gasteiger partial charge in [-0.2, -0.15) is 0 Å². The second-order valence-electron chi connectivity index (χ2n) is 4.78. The van der Waals surface area contributed by atoms with Crippen molar-refractivity contribution in [3.8, 4) is 0 Å². The Kier molecular flexibility index (Phi) is 5.62.